The van der Waals surface area contributed by atoms with Crippen molar-refractivity contribution >= 4 is 17.5 Å². The van der Waals surface area contributed by atoms with Crippen LogP contribution in [0.2, 0.25) is 0 Å². The van der Waals surface area contributed by atoms with Gasteiger partial charge in [0.15, 0.2) is 0 Å². The van der Waals surface area contributed by atoms with Crippen molar-refractivity contribution in [2.24, 2.45) is 5.73 Å². The molecule has 1 aliphatic rings. The maximum atomic E-state index is 12.3. The summed E-state index contributed by atoms with van der Waals surface area (Å²) in [4.78, 5) is 24.2. The van der Waals surface area contributed by atoms with Crippen molar-refractivity contribution in [2.45, 2.75) is 45.1 Å². The lowest BCUT2D eigenvalue weighted by Gasteiger charge is -2.15. The van der Waals surface area contributed by atoms with E-state index in [0.717, 1.165) is 12.8 Å². The molecular weight excluding hydrogens is 382 g/mol. The normalized spacial score (nSPS) is 14.3. The molecule has 0 aromatic heterocycles. The van der Waals surface area contributed by atoms with E-state index in [9.17, 15) is 18.4 Å². The van der Waals surface area contributed by atoms with Crippen molar-refractivity contribution in [2.75, 3.05) is 25.1 Å². The molecule has 2 rings (SSSR count). The van der Waals surface area contributed by atoms with Crippen LogP contribution in [0, 0.1) is 0 Å². The van der Waals surface area contributed by atoms with Crippen molar-refractivity contribution in [3.05, 3.63) is 41.2 Å². The molecule has 1 aromatic rings. The zero-order valence-electron chi connectivity index (χ0n) is 16.5. The van der Waals surface area contributed by atoms with E-state index in [1.165, 1.54) is 0 Å². The van der Waals surface area contributed by atoms with E-state index in [1.807, 2.05) is 6.92 Å². The van der Waals surface area contributed by atoms with Crippen LogP contribution >= 0.6 is 0 Å². The highest BCUT2D eigenvalue weighted by atomic mass is 19.3. The largest absolute Gasteiger partial charge is 0.393 e. The number of hydrogen-bond acceptors (Lipinski definition) is 5. The first-order valence-electron chi connectivity index (χ1n) is 9.71. The third-order valence-electron chi connectivity index (χ3n) is 4.22. The maximum Gasteiger partial charge on any atom is 0.269 e. The van der Waals surface area contributed by atoms with Gasteiger partial charge in [-0.05, 0) is 56.9 Å². The number of alkyl halides is 2. The van der Waals surface area contributed by atoms with Crippen LogP contribution in [0.1, 0.15) is 43.0 Å². The molecule has 0 aliphatic heterocycles. The molecule has 0 unspecified atom stereocenters. The first-order chi connectivity index (χ1) is 13.9. The summed E-state index contributed by atoms with van der Waals surface area (Å²) >= 11 is 0. The van der Waals surface area contributed by atoms with Crippen LogP contribution < -0.4 is 21.7 Å². The molecular formula is C20H28F2N4O3. The molecule has 1 fully saturated rings. The van der Waals surface area contributed by atoms with E-state index in [1.54, 1.807) is 24.3 Å². The Morgan fingerprint density at radius 2 is 1.93 bits per heavy atom. The number of hydrogen-bond donors (Lipinski definition) is 4. The number of carbonyl (C=O) groups is 2. The molecule has 0 spiro atoms. The van der Waals surface area contributed by atoms with E-state index in [2.05, 4.69) is 16.0 Å². The highest BCUT2D eigenvalue weighted by molar-refractivity contribution is 5.95. The molecule has 0 atom stereocenters. The van der Waals surface area contributed by atoms with Gasteiger partial charge in [-0.1, -0.05) is 0 Å². The Bertz CT molecular complexity index is 719. The van der Waals surface area contributed by atoms with Crippen LogP contribution in [0.4, 0.5) is 14.5 Å². The van der Waals surface area contributed by atoms with Gasteiger partial charge in [-0.15, -0.1) is 0 Å². The van der Waals surface area contributed by atoms with Gasteiger partial charge in [0.1, 0.15) is 12.3 Å². The molecule has 2 amide bonds. The average molecular weight is 410 g/mol. The van der Waals surface area contributed by atoms with Crippen LogP contribution in [0.15, 0.2) is 35.7 Å². The zero-order chi connectivity index (χ0) is 21.2. The van der Waals surface area contributed by atoms with Crippen LogP contribution in [-0.4, -0.2) is 44.0 Å². The summed E-state index contributed by atoms with van der Waals surface area (Å²) in [6.45, 7) is 1.88. The second-order valence-corrected chi connectivity index (χ2v) is 6.77. The number of anilines is 1. The van der Waals surface area contributed by atoms with Gasteiger partial charge < -0.3 is 26.4 Å². The lowest BCUT2D eigenvalue weighted by molar-refractivity contribution is -0.117. The second kappa shape index (κ2) is 11.4. The van der Waals surface area contributed by atoms with Crippen LogP contribution in [0.5, 0.6) is 0 Å². The lowest BCUT2D eigenvalue weighted by Crippen LogP contribution is -2.32. The summed E-state index contributed by atoms with van der Waals surface area (Å²) in [6, 6.07) is 6.91. The van der Waals surface area contributed by atoms with Gasteiger partial charge in [0.25, 0.3) is 18.2 Å². The number of halogens is 2. The van der Waals surface area contributed by atoms with E-state index >= 15 is 0 Å². The average Bonchev–Trinajstić information content (AvgIpc) is 3.50. The van der Waals surface area contributed by atoms with Crippen molar-refractivity contribution in [1.82, 2.24) is 10.6 Å². The molecule has 0 bridgehead atoms. The number of amides is 2. The monoisotopic (exact) mass is 410 g/mol. The predicted molar refractivity (Wildman–Crippen MR) is 107 cm³/mol. The minimum Gasteiger partial charge on any atom is -0.393 e. The van der Waals surface area contributed by atoms with Crippen LogP contribution in [0.25, 0.3) is 0 Å². The summed E-state index contributed by atoms with van der Waals surface area (Å²) in [5, 5.41) is 8.66. The molecule has 0 saturated heterocycles. The van der Waals surface area contributed by atoms with Crippen molar-refractivity contribution in [1.29, 1.82) is 0 Å². The van der Waals surface area contributed by atoms with Gasteiger partial charge in [-0.2, -0.15) is 0 Å². The van der Waals surface area contributed by atoms with Crippen LogP contribution in [0.3, 0.4) is 0 Å². The van der Waals surface area contributed by atoms with Gasteiger partial charge in [-0.3, -0.25) is 9.59 Å². The third-order valence-corrected chi connectivity index (χ3v) is 4.22. The number of ether oxygens (including phenoxy) is 1. The number of allylic oxidation sites excluding steroid dienone is 1. The number of rotatable bonds is 12. The van der Waals surface area contributed by atoms with Crippen molar-refractivity contribution in [3.8, 4) is 0 Å². The highest BCUT2D eigenvalue weighted by Gasteiger charge is 2.25. The van der Waals surface area contributed by atoms with E-state index < -0.39 is 13.0 Å². The Hall–Kier alpha value is -2.68. The summed E-state index contributed by atoms with van der Waals surface area (Å²) in [6.07, 6.45) is 0.130. The number of benzene rings is 1. The second-order valence-electron chi connectivity index (χ2n) is 6.77. The first-order valence-corrected chi connectivity index (χ1v) is 9.71. The van der Waals surface area contributed by atoms with Gasteiger partial charge >= 0.3 is 0 Å². The van der Waals surface area contributed by atoms with E-state index in [0.29, 0.717) is 36.3 Å². The molecule has 7 nitrogen and oxygen atoms in total. The van der Waals surface area contributed by atoms with Crippen molar-refractivity contribution < 1.29 is 23.1 Å². The van der Waals surface area contributed by atoms with Gasteiger partial charge in [-0.25, -0.2) is 8.78 Å². The Labute approximate surface area is 169 Å². The number of carbonyl (C=O) groups excluding carboxylic acids is 2. The molecule has 5 N–H and O–H groups in total. The Morgan fingerprint density at radius 3 is 2.52 bits per heavy atom. The summed E-state index contributed by atoms with van der Waals surface area (Å²) in [7, 11) is 0. The fourth-order valence-corrected chi connectivity index (χ4v) is 2.56. The van der Waals surface area contributed by atoms with E-state index in [4.69, 9.17) is 10.5 Å². The van der Waals surface area contributed by atoms with Crippen LogP contribution in [-0.2, 0) is 9.53 Å². The lowest BCUT2D eigenvalue weighted by atomic mass is 10.1. The summed E-state index contributed by atoms with van der Waals surface area (Å²) in [5.41, 5.74) is 7.75. The Morgan fingerprint density at radius 1 is 1.24 bits per heavy atom. The molecule has 0 heterocycles. The molecule has 160 valence electrons. The maximum absolute atomic E-state index is 12.3. The quantitative estimate of drug-likeness (QED) is 0.313. The summed E-state index contributed by atoms with van der Waals surface area (Å²) < 4.78 is 29.2. The molecule has 1 saturated carbocycles. The van der Waals surface area contributed by atoms with E-state index in [-0.39, 0.29) is 30.2 Å². The summed E-state index contributed by atoms with van der Waals surface area (Å²) in [5.74, 6) is -0.531. The van der Waals surface area contributed by atoms with Crippen molar-refractivity contribution in [3.63, 3.8) is 0 Å². The third kappa shape index (κ3) is 8.06. The molecule has 1 aromatic carbocycles. The fraction of sp³-hybridized carbons (Fsp3) is 0.500. The topological polar surface area (TPSA) is 105 Å². The first kappa shape index (κ1) is 22.6. The minimum absolute atomic E-state index is 0.0542. The number of nitrogens with one attached hydrogen (secondary N) is 3. The molecule has 1 aliphatic carbocycles. The minimum atomic E-state index is -2.51. The smallest absolute Gasteiger partial charge is 0.269 e. The van der Waals surface area contributed by atoms with Gasteiger partial charge in [0, 0.05) is 36.1 Å². The number of nitrogens with two attached hydrogens (primary N) is 1. The zero-order valence-corrected chi connectivity index (χ0v) is 16.5. The molecule has 9 heteroatoms. The van der Waals surface area contributed by atoms with Gasteiger partial charge in [0.05, 0.1) is 0 Å². The molecule has 29 heavy (non-hydrogen) atoms. The Balaban J connectivity index is 2.03. The van der Waals surface area contributed by atoms with Gasteiger partial charge in [0.2, 0.25) is 0 Å². The standard InChI is InChI=1S/C20H28F2N4O3/c1-2-24-19(27)13-5-7-14(8-6-13)25-16(4-3-11-29-12-17(21)22)18(23)20(28)26-15-9-10-15/h5-8,15,17,25H,2-4,9-12,23H2,1H3,(H,24,27)(H,26,28)/b18-16-. The Kier molecular flexibility index (Phi) is 8.85. The predicted octanol–water partition coefficient (Wildman–Crippen LogP) is 2.36. The SMILES string of the molecule is CCNC(=O)c1ccc(N/C(CCCOCC(F)F)=C(\N)C(=O)NC2CC2)cc1. The molecule has 0 radical (unpaired) electrons. The highest BCUT2D eigenvalue weighted by Crippen LogP contribution is 2.20. The fourth-order valence-electron chi connectivity index (χ4n) is 2.56.